The van der Waals surface area contributed by atoms with Gasteiger partial charge >= 0.3 is 0 Å². The first-order chi connectivity index (χ1) is 5.86. The fourth-order valence-corrected chi connectivity index (χ4v) is 1.44. The molecule has 1 heterocycles. The van der Waals surface area contributed by atoms with Gasteiger partial charge in [0, 0.05) is 17.3 Å². The third-order valence-electron chi connectivity index (χ3n) is 1.78. The maximum atomic E-state index is 5.78. The second-order valence-electron chi connectivity index (χ2n) is 2.48. The van der Waals surface area contributed by atoms with Gasteiger partial charge in [-0.2, -0.15) is 0 Å². The molecule has 1 aromatic carbocycles. The summed E-state index contributed by atoms with van der Waals surface area (Å²) in [7, 11) is 0. The SMILES string of the molecule is CC.Clc1ccc2c(c1)NCC2. The lowest BCUT2D eigenvalue weighted by Crippen LogP contribution is -1.90. The number of fused-ring (bicyclic) bond motifs is 1. The van der Waals surface area contributed by atoms with Crippen LogP contribution in [0.1, 0.15) is 19.4 Å². The zero-order valence-corrected chi connectivity index (χ0v) is 8.28. The molecule has 66 valence electrons. The van der Waals surface area contributed by atoms with Crippen molar-refractivity contribution in [2.45, 2.75) is 20.3 Å². The third-order valence-corrected chi connectivity index (χ3v) is 2.02. The summed E-state index contributed by atoms with van der Waals surface area (Å²) in [5.41, 5.74) is 2.58. The van der Waals surface area contributed by atoms with E-state index in [4.69, 9.17) is 11.6 Å². The van der Waals surface area contributed by atoms with E-state index in [-0.39, 0.29) is 0 Å². The molecule has 0 fully saturated rings. The van der Waals surface area contributed by atoms with Crippen LogP contribution in [0.5, 0.6) is 0 Å². The van der Waals surface area contributed by atoms with E-state index in [1.54, 1.807) is 0 Å². The summed E-state index contributed by atoms with van der Waals surface area (Å²) in [5.74, 6) is 0. The van der Waals surface area contributed by atoms with Crippen LogP contribution in [0, 0.1) is 0 Å². The molecular formula is C10H14ClN. The molecule has 1 N–H and O–H groups in total. The van der Waals surface area contributed by atoms with Crippen molar-refractivity contribution in [2.24, 2.45) is 0 Å². The summed E-state index contributed by atoms with van der Waals surface area (Å²) in [5, 5.41) is 4.07. The van der Waals surface area contributed by atoms with Crippen molar-refractivity contribution >= 4 is 17.3 Å². The highest BCUT2D eigenvalue weighted by Gasteiger charge is 2.08. The van der Waals surface area contributed by atoms with Crippen molar-refractivity contribution in [3.63, 3.8) is 0 Å². The summed E-state index contributed by atoms with van der Waals surface area (Å²) >= 11 is 5.78. The van der Waals surface area contributed by atoms with Crippen LogP contribution in [-0.2, 0) is 6.42 Å². The minimum atomic E-state index is 0.813. The van der Waals surface area contributed by atoms with Gasteiger partial charge in [-0.3, -0.25) is 0 Å². The van der Waals surface area contributed by atoms with Crippen LogP contribution < -0.4 is 5.32 Å². The summed E-state index contributed by atoms with van der Waals surface area (Å²) in [6, 6.07) is 5.99. The van der Waals surface area contributed by atoms with Gasteiger partial charge in [-0.25, -0.2) is 0 Å². The fourth-order valence-electron chi connectivity index (χ4n) is 1.26. The number of benzene rings is 1. The average Bonchev–Trinajstić information content (AvgIpc) is 2.54. The zero-order valence-electron chi connectivity index (χ0n) is 7.52. The first kappa shape index (κ1) is 9.40. The Morgan fingerprint density at radius 1 is 1.33 bits per heavy atom. The van der Waals surface area contributed by atoms with Gasteiger partial charge in [0.05, 0.1) is 0 Å². The quantitative estimate of drug-likeness (QED) is 0.651. The summed E-state index contributed by atoms with van der Waals surface area (Å²) in [6.07, 6.45) is 1.13. The molecule has 1 aliphatic rings. The molecule has 0 bridgehead atoms. The molecule has 0 spiro atoms. The van der Waals surface area contributed by atoms with Crippen LogP contribution in [-0.4, -0.2) is 6.54 Å². The Morgan fingerprint density at radius 3 is 2.83 bits per heavy atom. The van der Waals surface area contributed by atoms with Gasteiger partial charge in [-0.05, 0) is 24.1 Å². The minimum Gasteiger partial charge on any atom is -0.384 e. The molecular weight excluding hydrogens is 170 g/mol. The van der Waals surface area contributed by atoms with Gasteiger partial charge < -0.3 is 5.32 Å². The van der Waals surface area contributed by atoms with Crippen molar-refractivity contribution in [1.82, 2.24) is 0 Å². The van der Waals surface area contributed by atoms with Crippen molar-refractivity contribution < 1.29 is 0 Å². The van der Waals surface area contributed by atoms with Crippen molar-refractivity contribution in [2.75, 3.05) is 11.9 Å². The molecule has 0 radical (unpaired) electrons. The first-order valence-electron chi connectivity index (χ1n) is 4.38. The monoisotopic (exact) mass is 183 g/mol. The molecule has 0 unspecified atom stereocenters. The van der Waals surface area contributed by atoms with Gasteiger partial charge in [-0.1, -0.05) is 31.5 Å². The predicted molar refractivity (Wildman–Crippen MR) is 55.0 cm³/mol. The van der Waals surface area contributed by atoms with Crippen LogP contribution in [0.25, 0.3) is 0 Å². The normalized spacial score (nSPS) is 12.6. The Balaban J connectivity index is 0.000000336. The molecule has 0 amide bonds. The first-order valence-corrected chi connectivity index (χ1v) is 4.76. The lowest BCUT2D eigenvalue weighted by Gasteiger charge is -1.97. The topological polar surface area (TPSA) is 12.0 Å². The second-order valence-corrected chi connectivity index (χ2v) is 2.91. The average molecular weight is 184 g/mol. The van der Waals surface area contributed by atoms with E-state index in [0.717, 1.165) is 18.0 Å². The van der Waals surface area contributed by atoms with E-state index in [2.05, 4.69) is 11.4 Å². The largest absolute Gasteiger partial charge is 0.384 e. The third kappa shape index (κ3) is 1.92. The number of hydrogen-bond acceptors (Lipinski definition) is 1. The molecule has 1 nitrogen and oxygen atoms in total. The molecule has 0 atom stereocenters. The van der Waals surface area contributed by atoms with E-state index >= 15 is 0 Å². The fraction of sp³-hybridized carbons (Fsp3) is 0.400. The van der Waals surface area contributed by atoms with Gasteiger partial charge in [-0.15, -0.1) is 0 Å². The standard InChI is InChI=1S/C8H8ClN.C2H6/c9-7-2-1-6-3-4-10-8(6)5-7;1-2/h1-2,5,10H,3-4H2;1-2H3. The summed E-state index contributed by atoms with van der Waals surface area (Å²) < 4.78 is 0. The maximum Gasteiger partial charge on any atom is 0.0426 e. The zero-order chi connectivity index (χ0) is 8.97. The van der Waals surface area contributed by atoms with Crippen molar-refractivity contribution in [1.29, 1.82) is 0 Å². The molecule has 0 aliphatic carbocycles. The molecule has 2 heteroatoms. The highest BCUT2D eigenvalue weighted by atomic mass is 35.5. The van der Waals surface area contributed by atoms with Crippen LogP contribution in [0.15, 0.2) is 18.2 Å². The van der Waals surface area contributed by atoms with Crippen molar-refractivity contribution in [3.8, 4) is 0 Å². The second kappa shape index (κ2) is 4.36. The van der Waals surface area contributed by atoms with Crippen molar-refractivity contribution in [3.05, 3.63) is 28.8 Å². The van der Waals surface area contributed by atoms with E-state index in [0.29, 0.717) is 0 Å². The molecule has 12 heavy (non-hydrogen) atoms. The summed E-state index contributed by atoms with van der Waals surface area (Å²) in [4.78, 5) is 0. The van der Waals surface area contributed by atoms with E-state index in [9.17, 15) is 0 Å². The number of nitrogens with one attached hydrogen (secondary N) is 1. The Labute approximate surface area is 78.7 Å². The number of anilines is 1. The van der Waals surface area contributed by atoms with Gasteiger partial charge in [0.15, 0.2) is 0 Å². The van der Waals surface area contributed by atoms with Crippen LogP contribution in [0.3, 0.4) is 0 Å². The highest BCUT2D eigenvalue weighted by Crippen LogP contribution is 2.24. The smallest absolute Gasteiger partial charge is 0.0426 e. The van der Waals surface area contributed by atoms with E-state index in [1.807, 2.05) is 26.0 Å². The van der Waals surface area contributed by atoms with E-state index in [1.165, 1.54) is 11.3 Å². The Bertz CT molecular complexity index is 258. The Kier molecular flexibility index (Phi) is 3.42. The maximum absolute atomic E-state index is 5.78. The minimum absolute atomic E-state index is 0.813. The van der Waals surface area contributed by atoms with Gasteiger partial charge in [0.25, 0.3) is 0 Å². The predicted octanol–water partition coefficient (Wildman–Crippen LogP) is 3.33. The number of rotatable bonds is 0. The van der Waals surface area contributed by atoms with Crippen LogP contribution in [0.4, 0.5) is 5.69 Å². The van der Waals surface area contributed by atoms with Crippen LogP contribution >= 0.6 is 11.6 Å². The molecule has 0 saturated heterocycles. The lowest BCUT2D eigenvalue weighted by atomic mass is 10.2. The van der Waals surface area contributed by atoms with Gasteiger partial charge in [0.1, 0.15) is 0 Å². The molecule has 1 aliphatic heterocycles. The molecule has 1 aromatic rings. The number of halogens is 1. The highest BCUT2D eigenvalue weighted by molar-refractivity contribution is 6.30. The van der Waals surface area contributed by atoms with Crippen LogP contribution in [0.2, 0.25) is 5.02 Å². The molecule has 0 aromatic heterocycles. The molecule has 2 rings (SSSR count). The lowest BCUT2D eigenvalue weighted by molar-refractivity contribution is 1.11. The van der Waals surface area contributed by atoms with Gasteiger partial charge in [0.2, 0.25) is 0 Å². The number of hydrogen-bond donors (Lipinski definition) is 1. The summed E-state index contributed by atoms with van der Waals surface area (Å²) in [6.45, 7) is 5.05. The Morgan fingerprint density at radius 2 is 2.08 bits per heavy atom. The molecule has 0 saturated carbocycles. The Hall–Kier alpha value is -0.690. The van der Waals surface area contributed by atoms with E-state index < -0.39 is 0 Å².